The van der Waals surface area contributed by atoms with E-state index in [0.717, 1.165) is 11.3 Å². The van der Waals surface area contributed by atoms with E-state index in [0.29, 0.717) is 17.4 Å². The summed E-state index contributed by atoms with van der Waals surface area (Å²) in [5.41, 5.74) is 0.133. The lowest BCUT2D eigenvalue weighted by Crippen LogP contribution is -2.17. The summed E-state index contributed by atoms with van der Waals surface area (Å²) in [6, 6.07) is 5.42. The normalized spacial score (nSPS) is 10.2. The zero-order valence-corrected chi connectivity index (χ0v) is 10.6. The average Bonchev–Trinajstić information content (AvgIpc) is 2.72. The van der Waals surface area contributed by atoms with Gasteiger partial charge in [0.2, 0.25) is 0 Å². The highest BCUT2D eigenvalue weighted by molar-refractivity contribution is 7.99. The summed E-state index contributed by atoms with van der Waals surface area (Å²) in [5, 5.41) is 15.8. The Morgan fingerprint density at radius 2 is 2.44 bits per heavy atom. The number of nitriles is 1. The molecule has 1 N–H and O–H groups in total. The van der Waals surface area contributed by atoms with E-state index in [4.69, 9.17) is 5.26 Å². The summed E-state index contributed by atoms with van der Waals surface area (Å²) in [6.45, 7) is 2.61. The summed E-state index contributed by atoms with van der Waals surface area (Å²) >= 11 is 1.33. The predicted octanol–water partition coefficient (Wildman–Crippen LogP) is 1.40. The topological polar surface area (TPSA) is 87.4 Å². The van der Waals surface area contributed by atoms with Crippen LogP contribution in [0.1, 0.15) is 19.0 Å². The highest BCUT2D eigenvalue weighted by Crippen LogP contribution is 2.24. The van der Waals surface area contributed by atoms with Crippen molar-refractivity contribution in [2.75, 3.05) is 0 Å². The monoisotopic (exact) mass is 261 g/mol. The van der Waals surface area contributed by atoms with Crippen LogP contribution in [0.4, 0.5) is 0 Å². The molecule has 0 saturated heterocycles. The van der Waals surface area contributed by atoms with Gasteiger partial charge in [-0.1, -0.05) is 6.92 Å². The van der Waals surface area contributed by atoms with Crippen LogP contribution in [0.25, 0.3) is 0 Å². The molecule has 0 bridgehead atoms. The molecule has 18 heavy (non-hydrogen) atoms. The van der Waals surface area contributed by atoms with E-state index >= 15 is 0 Å². The molecule has 7 heteroatoms. The van der Waals surface area contributed by atoms with Crippen molar-refractivity contribution in [2.24, 2.45) is 0 Å². The Morgan fingerprint density at radius 1 is 1.61 bits per heavy atom. The number of rotatable bonds is 4. The third-order valence-corrected chi connectivity index (χ3v) is 3.21. The minimum absolute atomic E-state index is 0.214. The molecule has 6 nitrogen and oxygen atoms in total. The van der Waals surface area contributed by atoms with Gasteiger partial charge in [-0.25, -0.2) is 14.9 Å². The maximum atomic E-state index is 11.5. The van der Waals surface area contributed by atoms with E-state index < -0.39 is 0 Å². The Bertz CT molecular complexity index is 639. The van der Waals surface area contributed by atoms with Gasteiger partial charge in [0, 0.05) is 17.6 Å². The minimum Gasteiger partial charge on any atom is -0.270 e. The second-order valence-electron chi connectivity index (χ2n) is 3.55. The smallest absolute Gasteiger partial charge is 0.270 e. The van der Waals surface area contributed by atoms with E-state index in [2.05, 4.69) is 15.2 Å². The molecular formula is C11H11N5OS. The van der Waals surface area contributed by atoms with Crippen LogP contribution in [0.15, 0.2) is 33.2 Å². The quantitative estimate of drug-likeness (QED) is 0.898. The van der Waals surface area contributed by atoms with Crippen molar-refractivity contribution in [1.82, 2.24) is 19.7 Å². The van der Waals surface area contributed by atoms with Crippen LogP contribution < -0.4 is 5.69 Å². The zero-order chi connectivity index (χ0) is 13.0. The molecule has 0 spiro atoms. The minimum atomic E-state index is -0.214. The fraction of sp³-hybridized carbons (Fsp3) is 0.273. The van der Waals surface area contributed by atoms with Crippen LogP contribution in [0, 0.1) is 11.3 Å². The molecule has 2 heterocycles. The van der Waals surface area contributed by atoms with Gasteiger partial charge in [-0.05, 0) is 30.3 Å². The second-order valence-corrected chi connectivity index (χ2v) is 4.59. The molecule has 0 fully saturated rings. The van der Waals surface area contributed by atoms with Gasteiger partial charge in [0.1, 0.15) is 11.8 Å². The molecule has 0 aliphatic carbocycles. The van der Waals surface area contributed by atoms with Gasteiger partial charge in [-0.3, -0.25) is 4.57 Å². The average molecular weight is 261 g/mol. The van der Waals surface area contributed by atoms with Gasteiger partial charge >= 0.3 is 5.69 Å². The number of pyridine rings is 1. The van der Waals surface area contributed by atoms with E-state index in [1.807, 2.05) is 13.0 Å². The Hall–Kier alpha value is -2.07. The van der Waals surface area contributed by atoms with Crippen molar-refractivity contribution in [2.45, 2.75) is 29.9 Å². The van der Waals surface area contributed by atoms with E-state index in [1.165, 1.54) is 11.8 Å². The first-order chi connectivity index (χ1) is 8.74. The maximum Gasteiger partial charge on any atom is 0.343 e. The molecule has 0 atom stereocenters. The molecule has 0 aromatic carbocycles. The molecule has 0 radical (unpaired) electrons. The number of nitrogens with zero attached hydrogens (tertiary/aromatic N) is 4. The molecule has 0 aliphatic heterocycles. The fourth-order valence-corrected chi connectivity index (χ4v) is 2.33. The summed E-state index contributed by atoms with van der Waals surface area (Å²) in [6.07, 6.45) is 2.42. The van der Waals surface area contributed by atoms with E-state index in [9.17, 15) is 4.79 Å². The number of nitrogens with one attached hydrogen (secondary N) is 1. The van der Waals surface area contributed by atoms with E-state index in [1.54, 1.807) is 22.9 Å². The van der Waals surface area contributed by atoms with Crippen LogP contribution in [-0.4, -0.2) is 19.7 Å². The fourth-order valence-electron chi connectivity index (χ4n) is 1.44. The van der Waals surface area contributed by atoms with Gasteiger partial charge in [-0.2, -0.15) is 5.26 Å². The van der Waals surface area contributed by atoms with Crippen molar-refractivity contribution in [1.29, 1.82) is 5.26 Å². The standard InChI is InChI=1S/C11H11N5OS/c1-2-5-16-10(17)14-15-11(16)18-9-3-4-13-8(6-9)7-12/h3-4,6H,2,5H2,1H3,(H,14,17). The molecule has 0 unspecified atom stereocenters. The number of aromatic nitrogens is 4. The number of H-pyrrole nitrogens is 1. The molecule has 0 saturated carbocycles. The van der Waals surface area contributed by atoms with Crippen molar-refractivity contribution in [3.63, 3.8) is 0 Å². The van der Waals surface area contributed by atoms with Crippen molar-refractivity contribution < 1.29 is 0 Å². The SMILES string of the molecule is CCCn1c(Sc2ccnc(C#N)c2)n[nH]c1=O. The highest BCUT2D eigenvalue weighted by atomic mass is 32.2. The molecule has 0 amide bonds. The first-order valence-corrected chi connectivity index (χ1v) is 6.25. The van der Waals surface area contributed by atoms with Gasteiger partial charge in [0.05, 0.1) is 0 Å². The third-order valence-electron chi connectivity index (χ3n) is 2.23. The van der Waals surface area contributed by atoms with Crippen LogP contribution in [-0.2, 0) is 6.54 Å². The Labute approximate surface area is 108 Å². The van der Waals surface area contributed by atoms with Crippen molar-refractivity contribution >= 4 is 11.8 Å². The third kappa shape index (κ3) is 2.60. The van der Waals surface area contributed by atoms with Crippen LogP contribution in [0.5, 0.6) is 0 Å². The van der Waals surface area contributed by atoms with Crippen molar-refractivity contribution in [3.05, 3.63) is 34.5 Å². The highest BCUT2D eigenvalue weighted by Gasteiger charge is 2.09. The number of aromatic amines is 1. The first-order valence-electron chi connectivity index (χ1n) is 5.43. The Kier molecular flexibility index (Phi) is 3.79. The summed E-state index contributed by atoms with van der Waals surface area (Å²) < 4.78 is 1.58. The van der Waals surface area contributed by atoms with E-state index in [-0.39, 0.29) is 5.69 Å². The first kappa shape index (κ1) is 12.4. The summed E-state index contributed by atoms with van der Waals surface area (Å²) in [7, 11) is 0. The lowest BCUT2D eigenvalue weighted by molar-refractivity contribution is 0.604. The Morgan fingerprint density at radius 3 is 3.17 bits per heavy atom. The van der Waals surface area contributed by atoms with Crippen molar-refractivity contribution in [3.8, 4) is 6.07 Å². The number of hydrogen-bond acceptors (Lipinski definition) is 5. The van der Waals surface area contributed by atoms with Crippen LogP contribution in [0.3, 0.4) is 0 Å². The molecule has 2 aromatic rings. The summed E-state index contributed by atoms with van der Waals surface area (Å²) in [5.74, 6) is 0. The lowest BCUT2D eigenvalue weighted by Gasteiger charge is -2.03. The maximum absolute atomic E-state index is 11.5. The molecule has 0 aliphatic rings. The predicted molar refractivity (Wildman–Crippen MR) is 66.2 cm³/mol. The second kappa shape index (κ2) is 5.51. The van der Waals surface area contributed by atoms with Gasteiger partial charge in [-0.15, -0.1) is 5.10 Å². The largest absolute Gasteiger partial charge is 0.343 e. The molecule has 2 rings (SSSR count). The van der Waals surface area contributed by atoms with Crippen LogP contribution >= 0.6 is 11.8 Å². The molecular weight excluding hydrogens is 250 g/mol. The lowest BCUT2D eigenvalue weighted by atomic mass is 10.4. The van der Waals surface area contributed by atoms with Gasteiger partial charge < -0.3 is 0 Å². The summed E-state index contributed by atoms with van der Waals surface area (Å²) in [4.78, 5) is 16.2. The molecule has 2 aromatic heterocycles. The molecule has 92 valence electrons. The zero-order valence-electron chi connectivity index (χ0n) is 9.75. The van der Waals surface area contributed by atoms with Gasteiger partial charge in [0.25, 0.3) is 0 Å². The van der Waals surface area contributed by atoms with Crippen LogP contribution in [0.2, 0.25) is 0 Å². The number of hydrogen-bond donors (Lipinski definition) is 1. The Balaban J connectivity index is 2.28. The van der Waals surface area contributed by atoms with Gasteiger partial charge in [0.15, 0.2) is 5.16 Å².